The number of nitrogens with one attached hydrogen (secondary N) is 2. The van der Waals surface area contributed by atoms with Crippen LogP contribution in [0.15, 0.2) is 55.0 Å². The first-order chi connectivity index (χ1) is 12.2. The van der Waals surface area contributed by atoms with Crippen LogP contribution in [0.2, 0.25) is 0 Å². The Morgan fingerprint density at radius 1 is 1.12 bits per heavy atom. The molecular formula is C18H22N6O. The number of nitrogens with zero attached hydrogens (tertiary/aromatic N) is 4. The van der Waals surface area contributed by atoms with Gasteiger partial charge in [-0.05, 0) is 31.9 Å². The van der Waals surface area contributed by atoms with Crippen LogP contribution in [0.5, 0.6) is 0 Å². The van der Waals surface area contributed by atoms with Gasteiger partial charge >= 0.3 is 6.03 Å². The van der Waals surface area contributed by atoms with Crippen molar-refractivity contribution >= 4 is 11.8 Å². The summed E-state index contributed by atoms with van der Waals surface area (Å²) >= 11 is 0. The van der Waals surface area contributed by atoms with Crippen LogP contribution in [0.1, 0.15) is 18.7 Å². The van der Waals surface area contributed by atoms with Gasteiger partial charge in [0.2, 0.25) is 0 Å². The highest BCUT2D eigenvalue weighted by Crippen LogP contribution is 2.09. The van der Waals surface area contributed by atoms with Gasteiger partial charge in [0.25, 0.3) is 0 Å². The van der Waals surface area contributed by atoms with Gasteiger partial charge in [0.05, 0.1) is 5.69 Å². The molecule has 2 aromatic heterocycles. The summed E-state index contributed by atoms with van der Waals surface area (Å²) in [7, 11) is 0. The molecule has 130 valence electrons. The molecule has 0 spiro atoms. The van der Waals surface area contributed by atoms with Crippen molar-refractivity contribution in [3.8, 4) is 5.69 Å². The summed E-state index contributed by atoms with van der Waals surface area (Å²) in [6.07, 6.45) is 7.48. The Balaban J connectivity index is 1.38. The highest BCUT2D eigenvalue weighted by Gasteiger charge is 2.05. The molecule has 7 heteroatoms. The molecule has 0 saturated heterocycles. The first kappa shape index (κ1) is 16.8. The number of unbranched alkanes of at least 4 members (excludes halogenated alkanes) is 1. The highest BCUT2D eigenvalue weighted by molar-refractivity contribution is 5.88. The van der Waals surface area contributed by atoms with Crippen LogP contribution in [-0.2, 0) is 6.54 Å². The molecule has 0 bridgehead atoms. The van der Waals surface area contributed by atoms with E-state index in [0.717, 1.165) is 30.9 Å². The second-order valence-corrected chi connectivity index (χ2v) is 5.74. The lowest BCUT2D eigenvalue weighted by Crippen LogP contribution is -2.29. The van der Waals surface area contributed by atoms with Crippen LogP contribution >= 0.6 is 0 Å². The Morgan fingerprint density at radius 2 is 1.96 bits per heavy atom. The zero-order chi connectivity index (χ0) is 17.5. The van der Waals surface area contributed by atoms with E-state index in [9.17, 15) is 4.79 Å². The molecule has 25 heavy (non-hydrogen) atoms. The summed E-state index contributed by atoms with van der Waals surface area (Å²) < 4.78 is 3.83. The quantitative estimate of drug-likeness (QED) is 0.650. The Kier molecular flexibility index (Phi) is 5.46. The van der Waals surface area contributed by atoms with Crippen LogP contribution in [0.4, 0.5) is 10.6 Å². The molecule has 1 aromatic carbocycles. The van der Waals surface area contributed by atoms with E-state index < -0.39 is 0 Å². The number of anilines is 1. The predicted octanol–water partition coefficient (Wildman–Crippen LogP) is 2.98. The fourth-order valence-electron chi connectivity index (χ4n) is 2.52. The van der Waals surface area contributed by atoms with Gasteiger partial charge in [-0.25, -0.2) is 14.5 Å². The number of imidazole rings is 1. The monoisotopic (exact) mass is 338 g/mol. The van der Waals surface area contributed by atoms with Gasteiger partial charge in [-0.2, -0.15) is 0 Å². The van der Waals surface area contributed by atoms with Crippen LogP contribution in [0.3, 0.4) is 0 Å². The van der Waals surface area contributed by atoms with Crippen molar-refractivity contribution in [2.75, 3.05) is 11.9 Å². The van der Waals surface area contributed by atoms with E-state index >= 15 is 0 Å². The topological polar surface area (TPSA) is 76.8 Å². The molecule has 0 unspecified atom stereocenters. The molecule has 0 atom stereocenters. The van der Waals surface area contributed by atoms with Crippen molar-refractivity contribution < 1.29 is 4.79 Å². The zero-order valence-corrected chi connectivity index (χ0v) is 14.2. The fraction of sp³-hybridized carbons (Fsp3) is 0.278. The van der Waals surface area contributed by atoms with Crippen molar-refractivity contribution in [1.82, 2.24) is 24.6 Å². The normalized spacial score (nSPS) is 10.6. The van der Waals surface area contributed by atoms with Gasteiger partial charge in [-0.3, -0.25) is 5.32 Å². The number of carbonyl (C=O) groups excluding carboxylic acids is 1. The zero-order valence-electron chi connectivity index (χ0n) is 14.2. The van der Waals surface area contributed by atoms with E-state index in [-0.39, 0.29) is 6.03 Å². The number of benzene rings is 1. The minimum atomic E-state index is -0.239. The van der Waals surface area contributed by atoms with E-state index in [1.165, 1.54) is 0 Å². The molecule has 0 radical (unpaired) electrons. The third-order valence-electron chi connectivity index (χ3n) is 3.89. The Morgan fingerprint density at radius 3 is 2.72 bits per heavy atom. The summed E-state index contributed by atoms with van der Waals surface area (Å²) in [6.45, 7) is 3.52. The lowest BCUT2D eigenvalue weighted by atomic mass is 10.3. The van der Waals surface area contributed by atoms with E-state index in [0.29, 0.717) is 12.4 Å². The van der Waals surface area contributed by atoms with Gasteiger partial charge in [0.1, 0.15) is 5.82 Å². The number of hydrogen-bond donors (Lipinski definition) is 2. The molecule has 0 saturated carbocycles. The second kappa shape index (κ2) is 8.14. The first-order valence-corrected chi connectivity index (χ1v) is 8.36. The molecule has 7 nitrogen and oxygen atoms in total. The standard InChI is InChI=1S/C18H22N6O/c1-15-19-11-14-23(15)12-6-5-10-20-18(25)21-17-9-13-24(22-17)16-7-3-2-4-8-16/h2-4,7-9,11,13-14H,5-6,10,12H2,1H3,(H2,20,21,22,25). The van der Waals surface area contributed by atoms with Crippen LogP contribution in [0, 0.1) is 6.92 Å². The van der Waals surface area contributed by atoms with Gasteiger partial charge < -0.3 is 9.88 Å². The summed E-state index contributed by atoms with van der Waals surface area (Å²) in [4.78, 5) is 16.1. The Bertz CT molecular complexity index is 808. The van der Waals surface area contributed by atoms with Crippen molar-refractivity contribution in [1.29, 1.82) is 0 Å². The maximum Gasteiger partial charge on any atom is 0.320 e. The number of para-hydroxylation sites is 1. The summed E-state index contributed by atoms with van der Waals surface area (Å²) in [5.74, 6) is 1.54. The van der Waals surface area contributed by atoms with Crippen LogP contribution in [0.25, 0.3) is 5.69 Å². The summed E-state index contributed by atoms with van der Waals surface area (Å²) in [5, 5.41) is 9.94. The minimum absolute atomic E-state index is 0.239. The lowest BCUT2D eigenvalue weighted by molar-refractivity contribution is 0.251. The number of aromatic nitrogens is 4. The average molecular weight is 338 g/mol. The molecule has 0 aliphatic rings. The number of amides is 2. The Labute approximate surface area is 146 Å². The number of rotatable bonds is 7. The molecule has 0 aliphatic heterocycles. The van der Waals surface area contributed by atoms with E-state index in [1.807, 2.05) is 49.6 Å². The highest BCUT2D eigenvalue weighted by atomic mass is 16.2. The number of aryl methyl sites for hydroxylation is 2. The van der Waals surface area contributed by atoms with Gasteiger partial charge in [0.15, 0.2) is 5.82 Å². The van der Waals surface area contributed by atoms with E-state index in [4.69, 9.17) is 0 Å². The SMILES string of the molecule is Cc1nccn1CCCCNC(=O)Nc1ccn(-c2ccccc2)n1. The first-order valence-electron chi connectivity index (χ1n) is 8.36. The predicted molar refractivity (Wildman–Crippen MR) is 96.8 cm³/mol. The maximum atomic E-state index is 11.9. The molecule has 0 fully saturated rings. The number of hydrogen-bond acceptors (Lipinski definition) is 3. The maximum absolute atomic E-state index is 11.9. The lowest BCUT2D eigenvalue weighted by Gasteiger charge is -2.07. The molecular weight excluding hydrogens is 316 g/mol. The number of urea groups is 1. The molecule has 0 aliphatic carbocycles. The van der Waals surface area contributed by atoms with Crippen molar-refractivity contribution in [3.05, 3.63) is 60.8 Å². The third kappa shape index (κ3) is 4.69. The van der Waals surface area contributed by atoms with Gasteiger partial charge in [-0.15, -0.1) is 5.10 Å². The largest absolute Gasteiger partial charge is 0.338 e. The van der Waals surface area contributed by atoms with Crippen molar-refractivity contribution in [3.63, 3.8) is 0 Å². The number of carbonyl (C=O) groups is 1. The second-order valence-electron chi connectivity index (χ2n) is 5.74. The molecule has 3 rings (SSSR count). The molecule has 2 amide bonds. The van der Waals surface area contributed by atoms with Crippen molar-refractivity contribution in [2.45, 2.75) is 26.3 Å². The van der Waals surface area contributed by atoms with Crippen LogP contribution < -0.4 is 10.6 Å². The van der Waals surface area contributed by atoms with Crippen molar-refractivity contribution in [2.24, 2.45) is 0 Å². The molecule has 2 heterocycles. The molecule has 3 aromatic rings. The third-order valence-corrected chi connectivity index (χ3v) is 3.89. The smallest absolute Gasteiger partial charge is 0.320 e. The van der Waals surface area contributed by atoms with E-state index in [1.54, 1.807) is 16.9 Å². The molecule has 2 N–H and O–H groups in total. The van der Waals surface area contributed by atoms with E-state index in [2.05, 4.69) is 25.3 Å². The minimum Gasteiger partial charge on any atom is -0.338 e. The summed E-state index contributed by atoms with van der Waals surface area (Å²) in [6, 6.07) is 11.3. The summed E-state index contributed by atoms with van der Waals surface area (Å²) in [5.41, 5.74) is 0.950. The van der Waals surface area contributed by atoms with Gasteiger partial charge in [-0.1, -0.05) is 18.2 Å². The average Bonchev–Trinajstić information content (AvgIpc) is 3.25. The van der Waals surface area contributed by atoms with Crippen LogP contribution in [-0.4, -0.2) is 31.9 Å². The van der Waals surface area contributed by atoms with Gasteiger partial charge in [0, 0.05) is 37.7 Å². The Hall–Kier alpha value is -3.09. The fourth-order valence-corrected chi connectivity index (χ4v) is 2.52.